The van der Waals surface area contributed by atoms with Crippen molar-refractivity contribution in [2.45, 2.75) is 43.9 Å². The number of benzene rings is 1. The lowest BCUT2D eigenvalue weighted by atomic mass is 9.70. The van der Waals surface area contributed by atoms with Gasteiger partial charge in [0.25, 0.3) is 0 Å². The van der Waals surface area contributed by atoms with Crippen molar-refractivity contribution in [2.75, 3.05) is 6.54 Å². The normalized spacial score (nSPS) is 18.1. The van der Waals surface area contributed by atoms with E-state index < -0.39 is 0 Å². The van der Waals surface area contributed by atoms with Gasteiger partial charge in [-0.05, 0) is 24.9 Å². The molecule has 0 aliphatic heterocycles. The average molecular weight is 286 g/mol. The van der Waals surface area contributed by atoms with Gasteiger partial charge in [-0.15, -0.1) is 11.3 Å². The van der Waals surface area contributed by atoms with Gasteiger partial charge in [0.2, 0.25) is 0 Å². The Morgan fingerprint density at radius 3 is 2.55 bits per heavy atom. The highest BCUT2D eigenvalue weighted by atomic mass is 32.1. The molecule has 3 heteroatoms. The molecule has 1 aromatic heterocycles. The van der Waals surface area contributed by atoms with Gasteiger partial charge in [0.1, 0.15) is 5.01 Å². The fourth-order valence-electron chi connectivity index (χ4n) is 3.33. The summed E-state index contributed by atoms with van der Waals surface area (Å²) in [7, 11) is 0. The Labute approximate surface area is 125 Å². The van der Waals surface area contributed by atoms with E-state index in [-0.39, 0.29) is 5.41 Å². The van der Waals surface area contributed by atoms with Gasteiger partial charge in [-0.2, -0.15) is 0 Å². The van der Waals surface area contributed by atoms with Crippen molar-refractivity contribution in [1.82, 2.24) is 4.98 Å². The topological polar surface area (TPSA) is 38.9 Å². The molecule has 0 amide bonds. The summed E-state index contributed by atoms with van der Waals surface area (Å²) in [6, 6.07) is 11.0. The van der Waals surface area contributed by atoms with Crippen LogP contribution in [0.15, 0.2) is 35.7 Å². The van der Waals surface area contributed by atoms with Crippen molar-refractivity contribution >= 4 is 11.3 Å². The molecule has 0 atom stereocenters. The first-order valence-electron chi connectivity index (χ1n) is 7.56. The number of thiazole rings is 1. The van der Waals surface area contributed by atoms with E-state index in [2.05, 4.69) is 35.7 Å². The van der Waals surface area contributed by atoms with Gasteiger partial charge in [0.05, 0.1) is 5.69 Å². The Hall–Kier alpha value is -1.19. The first-order chi connectivity index (χ1) is 9.85. The second kappa shape index (κ2) is 6.06. The standard InChI is InChI=1S/C17H22N2S/c18-12-9-15-13-20-16(19-15)17(10-5-2-6-11-17)14-7-3-1-4-8-14/h1,3-4,7-8,13H,2,5-6,9-12,18H2. The summed E-state index contributed by atoms with van der Waals surface area (Å²) < 4.78 is 0. The number of nitrogens with two attached hydrogens (primary N) is 1. The first kappa shape index (κ1) is 13.8. The number of aromatic nitrogens is 1. The molecular formula is C17H22N2S. The highest BCUT2D eigenvalue weighted by Crippen LogP contribution is 2.45. The van der Waals surface area contributed by atoms with Crippen LogP contribution in [-0.2, 0) is 11.8 Å². The third kappa shape index (κ3) is 2.52. The Bertz CT molecular complexity index is 541. The summed E-state index contributed by atoms with van der Waals surface area (Å²) in [5.41, 5.74) is 8.41. The number of rotatable bonds is 4. The molecular weight excluding hydrogens is 264 g/mol. The maximum Gasteiger partial charge on any atom is 0.103 e. The van der Waals surface area contributed by atoms with E-state index in [0.717, 1.165) is 12.1 Å². The molecule has 2 aromatic rings. The molecule has 1 aromatic carbocycles. The van der Waals surface area contributed by atoms with Gasteiger partial charge >= 0.3 is 0 Å². The minimum Gasteiger partial charge on any atom is -0.330 e. The lowest BCUT2D eigenvalue weighted by molar-refractivity contribution is 0.344. The molecule has 0 radical (unpaired) electrons. The Morgan fingerprint density at radius 2 is 1.85 bits per heavy atom. The molecule has 2 nitrogen and oxygen atoms in total. The van der Waals surface area contributed by atoms with E-state index in [4.69, 9.17) is 10.7 Å². The van der Waals surface area contributed by atoms with E-state index in [1.54, 1.807) is 0 Å². The molecule has 1 fully saturated rings. The van der Waals surface area contributed by atoms with E-state index in [0.29, 0.717) is 6.54 Å². The second-order valence-electron chi connectivity index (χ2n) is 5.69. The van der Waals surface area contributed by atoms with Crippen LogP contribution in [0.3, 0.4) is 0 Å². The number of hydrogen-bond acceptors (Lipinski definition) is 3. The summed E-state index contributed by atoms with van der Waals surface area (Å²) in [5, 5.41) is 3.49. The monoisotopic (exact) mass is 286 g/mol. The van der Waals surface area contributed by atoms with Crippen LogP contribution in [-0.4, -0.2) is 11.5 Å². The van der Waals surface area contributed by atoms with E-state index >= 15 is 0 Å². The van der Waals surface area contributed by atoms with E-state index in [1.807, 2.05) is 11.3 Å². The Balaban J connectivity index is 2.00. The Morgan fingerprint density at radius 1 is 1.10 bits per heavy atom. The van der Waals surface area contributed by atoms with Crippen LogP contribution in [0.1, 0.15) is 48.4 Å². The maximum atomic E-state index is 5.66. The highest BCUT2D eigenvalue weighted by molar-refractivity contribution is 7.09. The molecule has 1 heterocycles. The van der Waals surface area contributed by atoms with Crippen LogP contribution in [0.25, 0.3) is 0 Å². The Kier molecular flexibility index (Phi) is 4.18. The summed E-state index contributed by atoms with van der Waals surface area (Å²) in [6.07, 6.45) is 7.32. The van der Waals surface area contributed by atoms with E-state index in [1.165, 1.54) is 42.7 Å². The molecule has 0 spiro atoms. The van der Waals surface area contributed by atoms with Crippen molar-refractivity contribution in [3.8, 4) is 0 Å². The SMILES string of the molecule is NCCc1csc(C2(c3ccccc3)CCCCC2)n1. The van der Waals surface area contributed by atoms with Crippen molar-refractivity contribution in [2.24, 2.45) is 5.73 Å². The third-order valence-corrected chi connectivity index (χ3v) is 5.49. The average Bonchev–Trinajstić information content (AvgIpc) is 2.98. The van der Waals surface area contributed by atoms with Crippen LogP contribution in [0.4, 0.5) is 0 Å². The van der Waals surface area contributed by atoms with Gasteiger partial charge in [0.15, 0.2) is 0 Å². The van der Waals surface area contributed by atoms with Crippen LogP contribution in [0, 0.1) is 0 Å². The van der Waals surface area contributed by atoms with Crippen LogP contribution >= 0.6 is 11.3 Å². The molecule has 0 bridgehead atoms. The van der Waals surface area contributed by atoms with Gasteiger partial charge in [0, 0.05) is 17.2 Å². The van der Waals surface area contributed by atoms with Crippen molar-refractivity contribution in [1.29, 1.82) is 0 Å². The summed E-state index contributed by atoms with van der Waals surface area (Å²) in [4.78, 5) is 4.91. The summed E-state index contributed by atoms with van der Waals surface area (Å²) in [6.45, 7) is 0.682. The zero-order valence-corrected chi connectivity index (χ0v) is 12.7. The molecule has 1 aliphatic rings. The molecule has 20 heavy (non-hydrogen) atoms. The van der Waals surface area contributed by atoms with Crippen LogP contribution < -0.4 is 5.73 Å². The van der Waals surface area contributed by atoms with Gasteiger partial charge < -0.3 is 5.73 Å². The van der Waals surface area contributed by atoms with Gasteiger partial charge in [-0.25, -0.2) is 4.98 Å². The first-order valence-corrected chi connectivity index (χ1v) is 8.43. The molecule has 3 rings (SSSR count). The second-order valence-corrected chi connectivity index (χ2v) is 6.55. The predicted octanol–water partition coefficient (Wildman–Crippen LogP) is 3.89. The van der Waals surface area contributed by atoms with Crippen LogP contribution in [0.2, 0.25) is 0 Å². The number of nitrogens with zero attached hydrogens (tertiary/aromatic N) is 1. The van der Waals surface area contributed by atoms with Crippen molar-refractivity contribution < 1.29 is 0 Å². The van der Waals surface area contributed by atoms with E-state index in [9.17, 15) is 0 Å². The zero-order chi connectivity index (χ0) is 13.8. The predicted molar refractivity (Wildman–Crippen MR) is 85.2 cm³/mol. The lowest BCUT2D eigenvalue weighted by Gasteiger charge is -2.36. The highest BCUT2D eigenvalue weighted by Gasteiger charge is 2.38. The third-order valence-electron chi connectivity index (χ3n) is 4.40. The van der Waals surface area contributed by atoms with Crippen molar-refractivity contribution in [3.63, 3.8) is 0 Å². The van der Waals surface area contributed by atoms with Crippen LogP contribution in [0.5, 0.6) is 0 Å². The lowest BCUT2D eigenvalue weighted by Crippen LogP contribution is -2.30. The van der Waals surface area contributed by atoms with Gasteiger partial charge in [-0.1, -0.05) is 49.6 Å². The molecule has 1 aliphatic carbocycles. The fraction of sp³-hybridized carbons (Fsp3) is 0.471. The molecule has 0 saturated heterocycles. The smallest absolute Gasteiger partial charge is 0.103 e. The quantitative estimate of drug-likeness (QED) is 0.926. The fourth-order valence-corrected chi connectivity index (χ4v) is 4.46. The minimum absolute atomic E-state index is 0.150. The summed E-state index contributed by atoms with van der Waals surface area (Å²) in [5.74, 6) is 0. The van der Waals surface area contributed by atoms with Crippen molar-refractivity contribution in [3.05, 3.63) is 52.0 Å². The molecule has 1 saturated carbocycles. The molecule has 106 valence electrons. The minimum atomic E-state index is 0.150. The number of hydrogen-bond donors (Lipinski definition) is 1. The molecule has 0 unspecified atom stereocenters. The summed E-state index contributed by atoms with van der Waals surface area (Å²) >= 11 is 1.82. The molecule has 2 N–H and O–H groups in total. The van der Waals surface area contributed by atoms with Gasteiger partial charge in [-0.3, -0.25) is 0 Å². The zero-order valence-electron chi connectivity index (χ0n) is 11.8. The largest absolute Gasteiger partial charge is 0.330 e. The maximum absolute atomic E-state index is 5.66.